The molecule has 34 heavy (non-hydrogen) atoms. The van der Waals surface area contributed by atoms with Crippen molar-refractivity contribution in [2.45, 2.75) is 6.42 Å². The number of carbonyl (C=O) groups excluding carboxylic acids is 3. The Labute approximate surface area is 193 Å². The van der Waals surface area contributed by atoms with Gasteiger partial charge in [-0.2, -0.15) is 5.10 Å². The first-order valence-electron chi connectivity index (χ1n) is 9.89. The van der Waals surface area contributed by atoms with E-state index < -0.39 is 30.0 Å². The highest BCUT2D eigenvalue weighted by molar-refractivity contribution is 6.23. The molecule has 10 heteroatoms. The molecule has 174 valence electrons. The van der Waals surface area contributed by atoms with Crippen LogP contribution >= 0.6 is 0 Å². The third-order valence-corrected chi connectivity index (χ3v) is 4.59. The van der Waals surface area contributed by atoms with Crippen LogP contribution in [-0.4, -0.2) is 41.3 Å². The fourth-order valence-corrected chi connectivity index (χ4v) is 2.90. The van der Waals surface area contributed by atoms with Crippen LogP contribution in [0, 0.1) is 5.82 Å². The van der Waals surface area contributed by atoms with Crippen LogP contribution in [0.1, 0.15) is 22.3 Å². The smallest absolute Gasteiger partial charge is 0.265 e. The monoisotopic (exact) mass is 465 g/mol. The molecule has 9 nitrogen and oxygen atoms in total. The number of phenolic OH excluding ortho intramolecular Hbond substituents is 2. The van der Waals surface area contributed by atoms with Gasteiger partial charge in [-0.25, -0.2) is 14.7 Å². The van der Waals surface area contributed by atoms with Gasteiger partial charge in [0.1, 0.15) is 29.5 Å². The van der Waals surface area contributed by atoms with Gasteiger partial charge in [0.05, 0.1) is 19.0 Å². The van der Waals surface area contributed by atoms with Gasteiger partial charge in [-0.15, -0.1) is 0 Å². The summed E-state index contributed by atoms with van der Waals surface area (Å²) in [5.74, 6) is -2.87. The third kappa shape index (κ3) is 5.94. The highest BCUT2D eigenvalue weighted by Gasteiger charge is 2.26. The number of hydrogen-bond acceptors (Lipinski definition) is 7. The number of aromatic hydroxyl groups is 2. The largest absolute Gasteiger partial charge is 0.508 e. The van der Waals surface area contributed by atoms with E-state index in [1.165, 1.54) is 43.5 Å². The molecular formula is C24H20FN3O6. The highest BCUT2D eigenvalue weighted by atomic mass is 19.1. The molecule has 0 aliphatic carbocycles. The number of nitrogens with zero attached hydrogens (tertiary/aromatic N) is 2. The van der Waals surface area contributed by atoms with Crippen molar-refractivity contribution in [3.05, 3.63) is 83.7 Å². The van der Waals surface area contributed by atoms with Crippen molar-refractivity contribution in [3.8, 4) is 17.2 Å². The molecule has 3 aromatic carbocycles. The van der Waals surface area contributed by atoms with E-state index in [0.717, 1.165) is 29.3 Å². The van der Waals surface area contributed by atoms with E-state index >= 15 is 0 Å². The summed E-state index contributed by atoms with van der Waals surface area (Å²) in [6.07, 6.45) is 0.403. The van der Waals surface area contributed by atoms with E-state index in [2.05, 4.69) is 10.5 Å². The zero-order valence-corrected chi connectivity index (χ0v) is 17.9. The summed E-state index contributed by atoms with van der Waals surface area (Å²) in [7, 11) is 1.46. The summed E-state index contributed by atoms with van der Waals surface area (Å²) < 4.78 is 18.4. The van der Waals surface area contributed by atoms with Crippen molar-refractivity contribution in [3.63, 3.8) is 0 Å². The average Bonchev–Trinajstić information content (AvgIpc) is 2.81. The maximum Gasteiger partial charge on any atom is 0.265 e. The van der Waals surface area contributed by atoms with Gasteiger partial charge >= 0.3 is 0 Å². The van der Waals surface area contributed by atoms with E-state index in [-0.39, 0.29) is 28.3 Å². The molecule has 0 saturated carbocycles. The predicted octanol–water partition coefficient (Wildman–Crippen LogP) is 2.96. The number of ether oxygens (including phenoxy) is 1. The SMILES string of the molecule is COc1ccc(N(C(=O)CC(=O)N/N=C/c2ccc(O)cc2O)C(=O)c2ccc(F)cc2)cc1. The van der Waals surface area contributed by atoms with Crippen molar-refractivity contribution in [2.24, 2.45) is 5.10 Å². The second-order valence-corrected chi connectivity index (χ2v) is 6.95. The molecule has 0 bridgehead atoms. The molecule has 0 unspecified atom stereocenters. The summed E-state index contributed by atoms with van der Waals surface area (Å²) in [6, 6.07) is 14.5. The Hall–Kier alpha value is -4.73. The van der Waals surface area contributed by atoms with E-state index in [0.29, 0.717) is 5.75 Å². The van der Waals surface area contributed by atoms with E-state index in [9.17, 15) is 29.0 Å². The van der Waals surface area contributed by atoms with Crippen LogP contribution in [0.2, 0.25) is 0 Å². The van der Waals surface area contributed by atoms with Gasteiger partial charge in [-0.1, -0.05) is 0 Å². The molecule has 0 atom stereocenters. The summed E-state index contributed by atoms with van der Waals surface area (Å²) in [6.45, 7) is 0. The van der Waals surface area contributed by atoms with E-state index in [1.54, 1.807) is 12.1 Å². The lowest BCUT2D eigenvalue weighted by Gasteiger charge is -2.21. The minimum Gasteiger partial charge on any atom is -0.508 e. The Morgan fingerprint density at radius 1 is 1.03 bits per heavy atom. The Morgan fingerprint density at radius 3 is 2.32 bits per heavy atom. The molecule has 3 aromatic rings. The van der Waals surface area contributed by atoms with Crippen molar-refractivity contribution in [2.75, 3.05) is 12.0 Å². The normalized spacial score (nSPS) is 10.6. The molecule has 3 rings (SSSR count). The lowest BCUT2D eigenvalue weighted by atomic mass is 10.1. The van der Waals surface area contributed by atoms with Crippen molar-refractivity contribution in [1.82, 2.24) is 5.43 Å². The van der Waals surface area contributed by atoms with Gasteiger partial charge in [0, 0.05) is 17.2 Å². The number of imide groups is 1. The number of anilines is 1. The van der Waals surface area contributed by atoms with E-state index in [4.69, 9.17) is 4.74 Å². The first-order valence-corrected chi connectivity index (χ1v) is 9.89. The standard InChI is InChI=1S/C24H20FN3O6/c1-34-20-10-7-18(8-11-20)28(24(33)15-2-5-17(25)6-3-15)23(32)13-22(31)27-26-14-16-4-9-19(29)12-21(16)30/h2-12,14,29-30H,13H2,1H3,(H,27,31)/b26-14+. The van der Waals surface area contributed by atoms with Crippen LogP contribution in [0.15, 0.2) is 71.8 Å². The lowest BCUT2D eigenvalue weighted by Crippen LogP contribution is -2.39. The zero-order chi connectivity index (χ0) is 24.7. The molecule has 0 aliphatic heterocycles. The quantitative estimate of drug-likeness (QED) is 0.280. The maximum atomic E-state index is 13.3. The molecule has 0 aliphatic rings. The van der Waals surface area contributed by atoms with Gasteiger partial charge < -0.3 is 14.9 Å². The number of nitrogens with one attached hydrogen (secondary N) is 1. The molecule has 3 amide bonds. The van der Waals surface area contributed by atoms with Gasteiger partial charge in [0.15, 0.2) is 0 Å². The molecule has 0 saturated heterocycles. The Balaban J connectivity index is 1.77. The van der Waals surface area contributed by atoms with Crippen molar-refractivity contribution in [1.29, 1.82) is 0 Å². The summed E-state index contributed by atoms with van der Waals surface area (Å²) in [5, 5.41) is 22.7. The summed E-state index contributed by atoms with van der Waals surface area (Å²) in [5.41, 5.74) is 2.60. The maximum absolute atomic E-state index is 13.3. The predicted molar refractivity (Wildman–Crippen MR) is 121 cm³/mol. The molecule has 0 spiro atoms. The minimum atomic E-state index is -0.848. The average molecular weight is 465 g/mol. The van der Waals surface area contributed by atoms with Crippen molar-refractivity contribution < 1.29 is 33.7 Å². The minimum absolute atomic E-state index is 0.0480. The Morgan fingerprint density at radius 2 is 1.71 bits per heavy atom. The zero-order valence-electron chi connectivity index (χ0n) is 17.9. The number of halogens is 1. The second-order valence-electron chi connectivity index (χ2n) is 6.95. The van der Waals surface area contributed by atoms with Crippen LogP contribution in [0.25, 0.3) is 0 Å². The van der Waals surface area contributed by atoms with Gasteiger partial charge in [-0.05, 0) is 60.7 Å². The number of rotatable bonds is 7. The first kappa shape index (κ1) is 23.9. The number of methoxy groups -OCH3 is 1. The van der Waals surface area contributed by atoms with Crippen molar-refractivity contribution >= 4 is 29.6 Å². The topological polar surface area (TPSA) is 129 Å². The van der Waals surface area contributed by atoms with Crippen LogP contribution in [0.5, 0.6) is 17.2 Å². The van der Waals surface area contributed by atoms with Gasteiger partial charge in [0.25, 0.3) is 5.91 Å². The number of phenols is 2. The van der Waals surface area contributed by atoms with Crippen LogP contribution in [0.3, 0.4) is 0 Å². The number of hydrazone groups is 1. The highest BCUT2D eigenvalue weighted by Crippen LogP contribution is 2.23. The van der Waals surface area contributed by atoms with Crippen LogP contribution < -0.4 is 15.1 Å². The number of carbonyl (C=O) groups is 3. The third-order valence-electron chi connectivity index (χ3n) is 4.59. The molecular weight excluding hydrogens is 445 g/mol. The fraction of sp³-hybridized carbons (Fsp3) is 0.0833. The summed E-state index contributed by atoms with van der Waals surface area (Å²) in [4.78, 5) is 39.0. The second kappa shape index (κ2) is 10.7. The van der Waals surface area contributed by atoms with Crippen LogP contribution in [-0.2, 0) is 9.59 Å². The number of amides is 3. The Bertz CT molecular complexity index is 1230. The first-order chi connectivity index (χ1) is 16.3. The van der Waals surface area contributed by atoms with Crippen LogP contribution in [0.4, 0.5) is 10.1 Å². The fourth-order valence-electron chi connectivity index (χ4n) is 2.90. The Kier molecular flexibility index (Phi) is 7.55. The summed E-state index contributed by atoms with van der Waals surface area (Å²) >= 11 is 0. The van der Waals surface area contributed by atoms with E-state index in [1.807, 2.05) is 0 Å². The number of benzene rings is 3. The molecule has 0 aromatic heterocycles. The molecule has 0 radical (unpaired) electrons. The molecule has 0 heterocycles. The number of hydrogen-bond donors (Lipinski definition) is 3. The van der Waals surface area contributed by atoms with Gasteiger partial charge in [-0.3, -0.25) is 14.4 Å². The lowest BCUT2D eigenvalue weighted by molar-refractivity contribution is -0.127. The molecule has 0 fully saturated rings. The molecule has 3 N–H and O–H groups in total. The van der Waals surface area contributed by atoms with Gasteiger partial charge in [0.2, 0.25) is 11.8 Å².